The Morgan fingerprint density at radius 3 is 3.00 bits per heavy atom. The van der Waals surface area contributed by atoms with Crippen molar-refractivity contribution in [1.82, 2.24) is 5.32 Å². The molecule has 2 rings (SSSR count). The number of piperidine rings is 1. The standard InChI is InChI=1S/C14H22N2O3S/c1-19-10-12-4-2-6-14(8-12)16-20(17,18)11-13-5-3-7-15-9-13/h2,4,6,8,13,15-16H,3,5,7,9-11H2,1H3. The van der Waals surface area contributed by atoms with E-state index in [1.165, 1.54) is 0 Å². The number of rotatable bonds is 6. The number of hydrogen-bond acceptors (Lipinski definition) is 4. The van der Waals surface area contributed by atoms with Gasteiger partial charge in [-0.3, -0.25) is 4.72 Å². The summed E-state index contributed by atoms with van der Waals surface area (Å²) in [6, 6.07) is 7.30. The summed E-state index contributed by atoms with van der Waals surface area (Å²) in [5.41, 5.74) is 1.55. The molecule has 5 nitrogen and oxygen atoms in total. The number of nitrogens with one attached hydrogen (secondary N) is 2. The minimum Gasteiger partial charge on any atom is -0.380 e. The third kappa shape index (κ3) is 4.77. The number of hydrogen-bond donors (Lipinski definition) is 2. The number of sulfonamides is 1. The minimum atomic E-state index is -3.30. The van der Waals surface area contributed by atoms with Crippen LogP contribution < -0.4 is 10.0 Å². The molecule has 1 heterocycles. The molecule has 1 saturated heterocycles. The summed E-state index contributed by atoms with van der Waals surface area (Å²) in [5.74, 6) is 0.373. The second-order valence-corrected chi connectivity index (χ2v) is 7.00. The summed E-state index contributed by atoms with van der Waals surface area (Å²) in [4.78, 5) is 0. The van der Waals surface area contributed by atoms with E-state index in [9.17, 15) is 8.42 Å². The van der Waals surface area contributed by atoms with E-state index in [0.29, 0.717) is 12.3 Å². The molecule has 0 spiro atoms. The van der Waals surface area contributed by atoms with E-state index in [-0.39, 0.29) is 11.7 Å². The second-order valence-electron chi connectivity index (χ2n) is 5.23. The third-order valence-electron chi connectivity index (χ3n) is 3.37. The maximum absolute atomic E-state index is 12.2. The molecule has 1 aromatic carbocycles. The molecule has 20 heavy (non-hydrogen) atoms. The molecule has 1 atom stereocenters. The van der Waals surface area contributed by atoms with E-state index in [0.717, 1.165) is 31.5 Å². The van der Waals surface area contributed by atoms with Crippen LogP contribution in [0.4, 0.5) is 5.69 Å². The number of benzene rings is 1. The van der Waals surface area contributed by atoms with Crippen LogP contribution in [0.5, 0.6) is 0 Å². The molecule has 0 amide bonds. The predicted molar refractivity (Wildman–Crippen MR) is 80.2 cm³/mol. The van der Waals surface area contributed by atoms with Crippen LogP contribution in [0.2, 0.25) is 0 Å². The zero-order chi connectivity index (χ0) is 14.4. The molecule has 0 aliphatic carbocycles. The van der Waals surface area contributed by atoms with Gasteiger partial charge in [-0.15, -0.1) is 0 Å². The zero-order valence-corrected chi connectivity index (χ0v) is 12.6. The molecule has 0 bridgehead atoms. The summed E-state index contributed by atoms with van der Waals surface area (Å²) in [6.07, 6.45) is 2.02. The summed E-state index contributed by atoms with van der Waals surface area (Å²) in [5, 5.41) is 3.24. The monoisotopic (exact) mass is 298 g/mol. The Morgan fingerprint density at radius 1 is 1.45 bits per heavy atom. The van der Waals surface area contributed by atoms with Gasteiger partial charge in [0.15, 0.2) is 0 Å². The van der Waals surface area contributed by atoms with Crippen molar-refractivity contribution in [2.75, 3.05) is 30.7 Å². The maximum Gasteiger partial charge on any atom is 0.233 e. The van der Waals surface area contributed by atoms with Gasteiger partial charge in [0.05, 0.1) is 12.4 Å². The molecule has 1 aliphatic rings. The molecule has 1 aromatic rings. The molecule has 1 aliphatic heterocycles. The van der Waals surface area contributed by atoms with Crippen LogP contribution in [0.15, 0.2) is 24.3 Å². The first-order chi connectivity index (χ1) is 9.59. The van der Waals surface area contributed by atoms with Crippen LogP contribution in [0, 0.1) is 5.92 Å². The fourth-order valence-electron chi connectivity index (χ4n) is 2.49. The molecular formula is C14H22N2O3S. The van der Waals surface area contributed by atoms with Crippen molar-refractivity contribution in [3.63, 3.8) is 0 Å². The smallest absolute Gasteiger partial charge is 0.233 e. The van der Waals surface area contributed by atoms with Crippen LogP contribution in [0.25, 0.3) is 0 Å². The Bertz CT molecular complexity index is 525. The summed E-state index contributed by atoms with van der Waals surface area (Å²) >= 11 is 0. The molecule has 6 heteroatoms. The Hall–Kier alpha value is -1.11. The summed E-state index contributed by atoms with van der Waals surface area (Å²) in [7, 11) is -1.68. The Balaban J connectivity index is 1.98. The fourth-order valence-corrected chi connectivity index (χ4v) is 3.96. The first-order valence-electron chi connectivity index (χ1n) is 6.88. The van der Waals surface area contributed by atoms with Crippen LogP contribution in [-0.2, 0) is 21.4 Å². The van der Waals surface area contributed by atoms with Gasteiger partial charge in [-0.2, -0.15) is 0 Å². The summed E-state index contributed by atoms with van der Waals surface area (Å²) < 4.78 is 32.0. The quantitative estimate of drug-likeness (QED) is 0.836. The molecule has 1 fully saturated rings. The van der Waals surface area contributed by atoms with Crippen LogP contribution >= 0.6 is 0 Å². The van der Waals surface area contributed by atoms with E-state index in [1.54, 1.807) is 19.2 Å². The lowest BCUT2D eigenvalue weighted by atomic mass is 10.0. The van der Waals surface area contributed by atoms with Crippen LogP contribution in [0.3, 0.4) is 0 Å². The van der Waals surface area contributed by atoms with Crippen molar-refractivity contribution < 1.29 is 13.2 Å². The SMILES string of the molecule is COCc1cccc(NS(=O)(=O)CC2CCCNC2)c1. The van der Waals surface area contributed by atoms with Crippen molar-refractivity contribution >= 4 is 15.7 Å². The normalized spacial score (nSPS) is 19.8. The highest BCUT2D eigenvalue weighted by molar-refractivity contribution is 7.92. The first kappa shape index (κ1) is 15.3. The van der Waals surface area contributed by atoms with Gasteiger partial charge in [-0.05, 0) is 49.5 Å². The van der Waals surface area contributed by atoms with Crippen molar-refractivity contribution in [1.29, 1.82) is 0 Å². The van der Waals surface area contributed by atoms with Gasteiger partial charge < -0.3 is 10.1 Å². The van der Waals surface area contributed by atoms with Gasteiger partial charge in [0, 0.05) is 12.8 Å². The molecular weight excluding hydrogens is 276 g/mol. The fraction of sp³-hybridized carbons (Fsp3) is 0.571. The van der Waals surface area contributed by atoms with Crippen LogP contribution in [0.1, 0.15) is 18.4 Å². The molecule has 0 radical (unpaired) electrons. The topological polar surface area (TPSA) is 67.4 Å². The highest BCUT2D eigenvalue weighted by Gasteiger charge is 2.21. The van der Waals surface area contributed by atoms with Gasteiger partial charge in [-0.1, -0.05) is 12.1 Å². The summed E-state index contributed by atoms with van der Waals surface area (Å²) in [6.45, 7) is 2.25. The van der Waals surface area contributed by atoms with Gasteiger partial charge in [-0.25, -0.2) is 8.42 Å². The number of anilines is 1. The number of ether oxygens (including phenoxy) is 1. The van der Waals surface area contributed by atoms with E-state index in [4.69, 9.17) is 4.74 Å². The highest BCUT2D eigenvalue weighted by Crippen LogP contribution is 2.17. The molecule has 1 unspecified atom stereocenters. The first-order valence-corrected chi connectivity index (χ1v) is 8.53. The third-order valence-corrected chi connectivity index (χ3v) is 4.82. The van der Waals surface area contributed by atoms with Gasteiger partial charge in [0.1, 0.15) is 0 Å². The molecule has 0 saturated carbocycles. The van der Waals surface area contributed by atoms with Gasteiger partial charge in [0.2, 0.25) is 10.0 Å². The van der Waals surface area contributed by atoms with E-state index in [1.807, 2.05) is 12.1 Å². The van der Waals surface area contributed by atoms with E-state index in [2.05, 4.69) is 10.0 Å². The van der Waals surface area contributed by atoms with E-state index < -0.39 is 10.0 Å². The molecule has 112 valence electrons. The average molecular weight is 298 g/mol. The zero-order valence-electron chi connectivity index (χ0n) is 11.8. The lowest BCUT2D eigenvalue weighted by Crippen LogP contribution is -2.35. The number of methoxy groups -OCH3 is 1. The average Bonchev–Trinajstić information content (AvgIpc) is 2.39. The lowest BCUT2D eigenvalue weighted by molar-refractivity contribution is 0.185. The minimum absolute atomic E-state index is 0.175. The van der Waals surface area contributed by atoms with Gasteiger partial charge >= 0.3 is 0 Å². The van der Waals surface area contributed by atoms with Crippen molar-refractivity contribution in [2.24, 2.45) is 5.92 Å². The second kappa shape index (κ2) is 7.06. The largest absolute Gasteiger partial charge is 0.380 e. The van der Waals surface area contributed by atoms with Crippen LogP contribution in [-0.4, -0.2) is 34.4 Å². The van der Waals surface area contributed by atoms with Crippen molar-refractivity contribution in [3.05, 3.63) is 29.8 Å². The van der Waals surface area contributed by atoms with Crippen molar-refractivity contribution in [3.8, 4) is 0 Å². The highest BCUT2D eigenvalue weighted by atomic mass is 32.2. The lowest BCUT2D eigenvalue weighted by Gasteiger charge is -2.22. The molecule has 2 N–H and O–H groups in total. The van der Waals surface area contributed by atoms with Crippen molar-refractivity contribution in [2.45, 2.75) is 19.4 Å². The predicted octanol–water partition coefficient (Wildman–Crippen LogP) is 1.57. The Kier molecular flexibility index (Phi) is 5.39. The maximum atomic E-state index is 12.2. The van der Waals surface area contributed by atoms with E-state index >= 15 is 0 Å². The Labute approximate surface area is 120 Å². The molecule has 0 aromatic heterocycles. The Morgan fingerprint density at radius 2 is 2.30 bits per heavy atom. The van der Waals surface area contributed by atoms with Gasteiger partial charge in [0.25, 0.3) is 0 Å².